The number of amides is 1. The second kappa shape index (κ2) is 6.68. The topological polar surface area (TPSA) is 77.2 Å². The number of nitrogens with zero attached hydrogens (tertiary/aromatic N) is 1. The van der Waals surface area contributed by atoms with Crippen LogP contribution >= 0.6 is 0 Å². The van der Waals surface area contributed by atoms with Crippen molar-refractivity contribution in [3.63, 3.8) is 0 Å². The molecule has 0 aliphatic rings. The van der Waals surface area contributed by atoms with Crippen LogP contribution in [0.2, 0.25) is 0 Å². The molecule has 0 spiro atoms. The molecule has 0 bridgehead atoms. The largest absolute Gasteiger partial charge is 0.381 e. The first-order chi connectivity index (χ1) is 9.69. The number of benzene rings is 1. The van der Waals surface area contributed by atoms with Crippen LogP contribution in [-0.2, 0) is 17.9 Å². The van der Waals surface area contributed by atoms with Crippen molar-refractivity contribution in [2.45, 2.75) is 13.2 Å². The van der Waals surface area contributed by atoms with Crippen molar-refractivity contribution in [1.82, 2.24) is 4.98 Å². The molecule has 0 radical (unpaired) electrons. The van der Waals surface area contributed by atoms with Gasteiger partial charge in [0.2, 0.25) is 0 Å². The second-order valence-electron chi connectivity index (χ2n) is 4.40. The number of nitrogens with one attached hydrogen (secondary N) is 1. The average Bonchev–Trinajstić information content (AvgIpc) is 2.47. The molecular formula is C15H17N3O2. The number of anilines is 1. The Kier molecular flexibility index (Phi) is 4.68. The first-order valence-corrected chi connectivity index (χ1v) is 6.25. The summed E-state index contributed by atoms with van der Waals surface area (Å²) in [6.07, 6.45) is 1.56. The van der Waals surface area contributed by atoms with Gasteiger partial charge in [-0.3, -0.25) is 9.78 Å². The van der Waals surface area contributed by atoms with E-state index < -0.39 is 5.91 Å². The van der Waals surface area contributed by atoms with Gasteiger partial charge in [0, 0.05) is 25.5 Å². The number of nitrogens with two attached hydrogens (primary N) is 1. The third-order valence-electron chi connectivity index (χ3n) is 2.84. The Morgan fingerprint density at radius 3 is 2.60 bits per heavy atom. The Morgan fingerprint density at radius 2 is 1.95 bits per heavy atom. The van der Waals surface area contributed by atoms with Gasteiger partial charge in [-0.25, -0.2) is 0 Å². The summed E-state index contributed by atoms with van der Waals surface area (Å²) < 4.78 is 5.07. The third-order valence-corrected chi connectivity index (χ3v) is 2.84. The summed E-state index contributed by atoms with van der Waals surface area (Å²) in [6, 6.07) is 11.6. The Hall–Kier alpha value is -2.40. The predicted molar refractivity (Wildman–Crippen MR) is 77.2 cm³/mol. The van der Waals surface area contributed by atoms with Gasteiger partial charge in [-0.05, 0) is 23.3 Å². The maximum absolute atomic E-state index is 11.0. The summed E-state index contributed by atoms with van der Waals surface area (Å²) in [5.74, 6) is -0.530. The Morgan fingerprint density at radius 1 is 1.25 bits per heavy atom. The highest BCUT2D eigenvalue weighted by Gasteiger charge is 2.02. The molecule has 0 atom stereocenters. The standard InChI is InChI=1S/C15H17N3O2/c1-20-10-12-4-2-11(3-5-12)9-18-13-6-7-17-14(8-13)15(16)19/h2-8H,9-10H2,1H3,(H2,16,19)(H,17,18). The SMILES string of the molecule is COCc1ccc(CNc2ccnc(C(N)=O)c2)cc1. The number of rotatable bonds is 6. The lowest BCUT2D eigenvalue weighted by atomic mass is 10.1. The quantitative estimate of drug-likeness (QED) is 0.841. The van der Waals surface area contributed by atoms with Crippen molar-refractivity contribution in [3.05, 3.63) is 59.4 Å². The lowest BCUT2D eigenvalue weighted by Gasteiger charge is -2.08. The van der Waals surface area contributed by atoms with E-state index in [1.807, 2.05) is 24.3 Å². The van der Waals surface area contributed by atoms with Crippen LogP contribution < -0.4 is 11.1 Å². The summed E-state index contributed by atoms with van der Waals surface area (Å²) in [6.45, 7) is 1.27. The fourth-order valence-corrected chi connectivity index (χ4v) is 1.80. The van der Waals surface area contributed by atoms with Gasteiger partial charge < -0.3 is 15.8 Å². The highest BCUT2D eigenvalue weighted by molar-refractivity contribution is 5.91. The highest BCUT2D eigenvalue weighted by Crippen LogP contribution is 2.11. The van der Waals surface area contributed by atoms with Crippen molar-refractivity contribution in [2.24, 2.45) is 5.73 Å². The first-order valence-electron chi connectivity index (χ1n) is 6.25. The molecule has 1 aromatic carbocycles. The molecule has 2 rings (SSSR count). The lowest BCUT2D eigenvalue weighted by Crippen LogP contribution is -2.13. The fraction of sp³-hybridized carbons (Fsp3) is 0.200. The number of hydrogen-bond donors (Lipinski definition) is 2. The van der Waals surface area contributed by atoms with Crippen LogP contribution in [0.5, 0.6) is 0 Å². The van der Waals surface area contributed by atoms with Gasteiger partial charge in [0.15, 0.2) is 0 Å². The highest BCUT2D eigenvalue weighted by atomic mass is 16.5. The van der Waals surface area contributed by atoms with Crippen LogP contribution in [0.15, 0.2) is 42.6 Å². The Labute approximate surface area is 117 Å². The van der Waals surface area contributed by atoms with Crippen LogP contribution in [0.3, 0.4) is 0 Å². The number of hydrogen-bond acceptors (Lipinski definition) is 4. The summed E-state index contributed by atoms with van der Waals surface area (Å²) in [5.41, 5.74) is 8.54. The van der Waals surface area contributed by atoms with E-state index >= 15 is 0 Å². The molecule has 0 fully saturated rings. The zero-order chi connectivity index (χ0) is 14.4. The number of carbonyl (C=O) groups excluding carboxylic acids is 1. The van der Waals surface area contributed by atoms with Crippen LogP contribution in [0.1, 0.15) is 21.6 Å². The van der Waals surface area contributed by atoms with Crippen molar-refractivity contribution in [3.8, 4) is 0 Å². The molecule has 0 aliphatic heterocycles. The molecule has 1 amide bonds. The van der Waals surface area contributed by atoms with Crippen molar-refractivity contribution in [1.29, 1.82) is 0 Å². The minimum atomic E-state index is -0.530. The number of methoxy groups -OCH3 is 1. The number of carbonyl (C=O) groups is 1. The number of aromatic nitrogens is 1. The van der Waals surface area contributed by atoms with E-state index in [1.165, 1.54) is 0 Å². The van der Waals surface area contributed by atoms with Gasteiger partial charge in [0.05, 0.1) is 6.61 Å². The third kappa shape index (κ3) is 3.80. The van der Waals surface area contributed by atoms with Gasteiger partial charge in [-0.15, -0.1) is 0 Å². The number of primary amides is 1. The average molecular weight is 271 g/mol. The van der Waals surface area contributed by atoms with Crippen molar-refractivity contribution >= 4 is 11.6 Å². The summed E-state index contributed by atoms with van der Waals surface area (Å²) in [4.78, 5) is 14.9. The monoisotopic (exact) mass is 271 g/mol. The van der Waals surface area contributed by atoms with Gasteiger partial charge in [-0.2, -0.15) is 0 Å². The van der Waals surface area contributed by atoms with E-state index in [0.717, 1.165) is 16.8 Å². The van der Waals surface area contributed by atoms with Crippen LogP contribution in [0.4, 0.5) is 5.69 Å². The summed E-state index contributed by atoms with van der Waals surface area (Å²) in [7, 11) is 1.68. The molecular weight excluding hydrogens is 254 g/mol. The minimum absolute atomic E-state index is 0.255. The van der Waals surface area contributed by atoms with Crippen molar-refractivity contribution in [2.75, 3.05) is 12.4 Å². The smallest absolute Gasteiger partial charge is 0.267 e. The van der Waals surface area contributed by atoms with Gasteiger partial charge in [0.25, 0.3) is 5.91 Å². The first kappa shape index (κ1) is 14.0. The van der Waals surface area contributed by atoms with Crippen LogP contribution in [0, 0.1) is 0 Å². The zero-order valence-electron chi connectivity index (χ0n) is 11.3. The molecule has 0 saturated carbocycles. The summed E-state index contributed by atoms with van der Waals surface area (Å²) >= 11 is 0. The van der Waals surface area contributed by atoms with Crippen LogP contribution in [0.25, 0.3) is 0 Å². The minimum Gasteiger partial charge on any atom is -0.381 e. The molecule has 5 nitrogen and oxygen atoms in total. The molecule has 3 N–H and O–H groups in total. The predicted octanol–water partition coefficient (Wildman–Crippen LogP) is 1.94. The molecule has 5 heteroatoms. The maximum Gasteiger partial charge on any atom is 0.267 e. The number of pyridine rings is 1. The van der Waals surface area contributed by atoms with Crippen LogP contribution in [-0.4, -0.2) is 18.0 Å². The lowest BCUT2D eigenvalue weighted by molar-refractivity contribution is 0.0995. The van der Waals surface area contributed by atoms with E-state index in [-0.39, 0.29) is 5.69 Å². The van der Waals surface area contributed by atoms with E-state index in [1.54, 1.807) is 25.4 Å². The van der Waals surface area contributed by atoms with Crippen molar-refractivity contribution < 1.29 is 9.53 Å². The molecule has 104 valence electrons. The van der Waals surface area contributed by atoms with Gasteiger partial charge in [-0.1, -0.05) is 24.3 Å². The second-order valence-corrected chi connectivity index (χ2v) is 4.40. The Bertz CT molecular complexity index is 582. The van der Waals surface area contributed by atoms with Gasteiger partial charge >= 0.3 is 0 Å². The molecule has 0 aliphatic carbocycles. The zero-order valence-corrected chi connectivity index (χ0v) is 11.3. The molecule has 0 saturated heterocycles. The maximum atomic E-state index is 11.0. The molecule has 1 heterocycles. The van der Waals surface area contributed by atoms with E-state index in [4.69, 9.17) is 10.5 Å². The summed E-state index contributed by atoms with van der Waals surface area (Å²) in [5, 5.41) is 3.23. The van der Waals surface area contributed by atoms with E-state index in [2.05, 4.69) is 10.3 Å². The molecule has 0 unspecified atom stereocenters. The molecule has 20 heavy (non-hydrogen) atoms. The fourth-order valence-electron chi connectivity index (χ4n) is 1.80. The molecule has 2 aromatic rings. The normalized spacial score (nSPS) is 10.2. The van der Waals surface area contributed by atoms with E-state index in [0.29, 0.717) is 13.2 Å². The molecule has 1 aromatic heterocycles. The number of ether oxygens (including phenoxy) is 1. The Balaban J connectivity index is 1.97. The van der Waals surface area contributed by atoms with Gasteiger partial charge in [0.1, 0.15) is 5.69 Å². The van der Waals surface area contributed by atoms with E-state index in [9.17, 15) is 4.79 Å².